The molecule has 4 heteroatoms. The van der Waals surface area contributed by atoms with Crippen LogP contribution in [0.2, 0.25) is 5.02 Å². The second-order valence-corrected chi connectivity index (χ2v) is 4.65. The molecule has 1 aromatic carbocycles. The topological polar surface area (TPSA) is 12.0 Å². The number of nitrogens with one attached hydrogen (secondary N) is 1. The number of hydrogen-bond acceptors (Lipinski definition) is 1. The minimum absolute atomic E-state index is 0.171. The van der Waals surface area contributed by atoms with Gasteiger partial charge in [-0.3, -0.25) is 0 Å². The fourth-order valence-corrected chi connectivity index (χ4v) is 2.63. The van der Waals surface area contributed by atoms with Gasteiger partial charge in [0.15, 0.2) is 0 Å². The monoisotopic (exact) mass is 277 g/mol. The van der Waals surface area contributed by atoms with Gasteiger partial charge in [0.25, 0.3) is 0 Å². The molecule has 1 saturated heterocycles. The maximum Gasteiger partial charge on any atom is 0.127 e. The van der Waals surface area contributed by atoms with E-state index in [0.29, 0.717) is 15.1 Å². The minimum Gasteiger partial charge on any atom is -0.316 e. The molecule has 1 atom stereocenters. The first-order chi connectivity index (χ1) is 6.70. The molecule has 0 aromatic heterocycles. The molecular weight excluding hydrogens is 268 g/mol. The highest BCUT2D eigenvalue weighted by Crippen LogP contribution is 2.35. The van der Waals surface area contributed by atoms with E-state index in [2.05, 4.69) is 21.2 Å². The molecule has 1 fully saturated rings. The van der Waals surface area contributed by atoms with Gasteiger partial charge in [-0.2, -0.15) is 0 Å². The van der Waals surface area contributed by atoms with Gasteiger partial charge in [0.05, 0.1) is 5.02 Å². The lowest BCUT2D eigenvalue weighted by Crippen LogP contribution is -2.09. The first-order valence-electron chi connectivity index (χ1n) is 4.54. The summed E-state index contributed by atoms with van der Waals surface area (Å²) >= 11 is 9.27. The van der Waals surface area contributed by atoms with Crippen molar-refractivity contribution in [3.8, 4) is 0 Å². The molecule has 14 heavy (non-hydrogen) atoms. The summed E-state index contributed by atoms with van der Waals surface area (Å²) in [6.45, 7) is 1.78. The normalized spacial score (nSPS) is 21.5. The molecule has 0 bridgehead atoms. The molecule has 1 aromatic rings. The van der Waals surface area contributed by atoms with Crippen molar-refractivity contribution >= 4 is 27.5 Å². The lowest BCUT2D eigenvalue weighted by molar-refractivity contribution is 0.586. The molecule has 1 aliphatic heterocycles. The number of benzene rings is 1. The quantitative estimate of drug-likeness (QED) is 0.777. The molecule has 76 valence electrons. The van der Waals surface area contributed by atoms with Crippen molar-refractivity contribution in [2.45, 2.75) is 12.3 Å². The summed E-state index contributed by atoms with van der Waals surface area (Å²) in [7, 11) is 0. The molecule has 0 radical (unpaired) electrons. The van der Waals surface area contributed by atoms with Crippen molar-refractivity contribution in [2.24, 2.45) is 0 Å². The van der Waals surface area contributed by atoms with Crippen LogP contribution in [0.1, 0.15) is 17.9 Å². The van der Waals surface area contributed by atoms with Crippen molar-refractivity contribution in [2.75, 3.05) is 13.1 Å². The molecule has 0 aliphatic carbocycles. The van der Waals surface area contributed by atoms with Crippen LogP contribution < -0.4 is 5.32 Å². The summed E-state index contributed by atoms with van der Waals surface area (Å²) in [6.07, 6.45) is 0.968. The van der Waals surface area contributed by atoms with E-state index >= 15 is 0 Å². The molecule has 1 aliphatic rings. The molecule has 1 heterocycles. The van der Waals surface area contributed by atoms with Gasteiger partial charge in [-0.05, 0) is 41.0 Å². The van der Waals surface area contributed by atoms with Gasteiger partial charge in [0, 0.05) is 22.5 Å². The third-order valence-electron chi connectivity index (χ3n) is 2.55. The van der Waals surface area contributed by atoms with Gasteiger partial charge in [-0.1, -0.05) is 11.6 Å². The fourth-order valence-electron chi connectivity index (χ4n) is 1.82. The van der Waals surface area contributed by atoms with E-state index in [4.69, 9.17) is 11.6 Å². The second-order valence-electron chi connectivity index (χ2n) is 3.45. The molecule has 2 rings (SSSR count). The Kier molecular flexibility index (Phi) is 3.10. The summed E-state index contributed by atoms with van der Waals surface area (Å²) in [5, 5.41) is 3.79. The SMILES string of the molecule is Fc1ccc(Cl)c(Br)c1C1CCNC1. The van der Waals surface area contributed by atoms with Crippen LogP contribution in [-0.4, -0.2) is 13.1 Å². The van der Waals surface area contributed by atoms with E-state index < -0.39 is 0 Å². The molecule has 1 N–H and O–H groups in total. The zero-order valence-electron chi connectivity index (χ0n) is 7.49. The first-order valence-corrected chi connectivity index (χ1v) is 5.71. The fraction of sp³-hybridized carbons (Fsp3) is 0.400. The number of halogens is 3. The van der Waals surface area contributed by atoms with Crippen LogP contribution >= 0.6 is 27.5 Å². The van der Waals surface area contributed by atoms with E-state index in [1.807, 2.05) is 0 Å². The standard InChI is InChI=1S/C10H10BrClFN/c11-10-7(12)1-2-8(13)9(10)6-3-4-14-5-6/h1-2,6,14H,3-5H2. The Morgan fingerprint density at radius 3 is 2.93 bits per heavy atom. The summed E-state index contributed by atoms with van der Waals surface area (Å²) in [5.74, 6) is 0.0676. The zero-order chi connectivity index (χ0) is 10.1. The zero-order valence-corrected chi connectivity index (χ0v) is 9.83. The van der Waals surface area contributed by atoms with Crippen LogP contribution in [0.5, 0.6) is 0 Å². The van der Waals surface area contributed by atoms with Gasteiger partial charge in [-0.25, -0.2) is 4.39 Å². The van der Waals surface area contributed by atoms with Crippen LogP contribution in [0, 0.1) is 5.82 Å². The largest absolute Gasteiger partial charge is 0.316 e. The molecule has 0 amide bonds. The van der Waals surface area contributed by atoms with E-state index in [9.17, 15) is 4.39 Å². The Labute approximate surface area is 95.8 Å². The Balaban J connectivity index is 2.44. The summed E-state index contributed by atoms with van der Waals surface area (Å²) < 4.78 is 14.3. The third kappa shape index (κ3) is 1.81. The highest BCUT2D eigenvalue weighted by Gasteiger charge is 2.23. The smallest absolute Gasteiger partial charge is 0.127 e. The second kappa shape index (κ2) is 4.17. The molecule has 1 unspecified atom stereocenters. The van der Waals surface area contributed by atoms with Crippen LogP contribution in [0.15, 0.2) is 16.6 Å². The lowest BCUT2D eigenvalue weighted by Gasteiger charge is -2.13. The van der Waals surface area contributed by atoms with Crippen LogP contribution in [0.4, 0.5) is 4.39 Å². The average molecular weight is 279 g/mol. The van der Waals surface area contributed by atoms with E-state index in [0.717, 1.165) is 19.5 Å². The highest BCUT2D eigenvalue weighted by molar-refractivity contribution is 9.10. The third-order valence-corrected chi connectivity index (χ3v) is 3.95. The summed E-state index contributed by atoms with van der Waals surface area (Å²) in [6, 6.07) is 3.01. The van der Waals surface area contributed by atoms with Crippen molar-refractivity contribution in [3.63, 3.8) is 0 Å². The molecule has 1 nitrogen and oxygen atoms in total. The van der Waals surface area contributed by atoms with Gasteiger partial charge in [-0.15, -0.1) is 0 Å². The van der Waals surface area contributed by atoms with E-state index in [1.54, 1.807) is 6.07 Å². The van der Waals surface area contributed by atoms with Crippen molar-refractivity contribution < 1.29 is 4.39 Å². The van der Waals surface area contributed by atoms with Gasteiger partial charge >= 0.3 is 0 Å². The Bertz CT molecular complexity index is 350. The lowest BCUT2D eigenvalue weighted by atomic mass is 9.98. The summed E-state index contributed by atoms with van der Waals surface area (Å²) in [4.78, 5) is 0. The summed E-state index contributed by atoms with van der Waals surface area (Å²) in [5.41, 5.74) is 0.711. The van der Waals surface area contributed by atoms with Crippen LogP contribution in [-0.2, 0) is 0 Å². The Morgan fingerprint density at radius 2 is 2.29 bits per heavy atom. The maximum absolute atomic E-state index is 13.6. The van der Waals surface area contributed by atoms with Crippen LogP contribution in [0.25, 0.3) is 0 Å². The minimum atomic E-state index is -0.171. The van der Waals surface area contributed by atoms with Crippen LogP contribution in [0.3, 0.4) is 0 Å². The van der Waals surface area contributed by atoms with Crippen molar-refractivity contribution in [3.05, 3.63) is 33.0 Å². The average Bonchev–Trinajstić information content (AvgIpc) is 2.65. The first kappa shape index (κ1) is 10.4. The Hall–Kier alpha value is -0.120. The highest BCUT2D eigenvalue weighted by atomic mass is 79.9. The number of hydrogen-bond donors (Lipinski definition) is 1. The van der Waals surface area contributed by atoms with Gasteiger partial charge in [0.2, 0.25) is 0 Å². The van der Waals surface area contributed by atoms with E-state index in [1.165, 1.54) is 6.07 Å². The van der Waals surface area contributed by atoms with Gasteiger partial charge < -0.3 is 5.32 Å². The predicted molar refractivity (Wildman–Crippen MR) is 59.3 cm³/mol. The predicted octanol–water partition coefficient (Wildman–Crippen LogP) is 3.32. The Morgan fingerprint density at radius 1 is 1.50 bits per heavy atom. The molecular formula is C10H10BrClFN. The number of rotatable bonds is 1. The van der Waals surface area contributed by atoms with Crippen molar-refractivity contribution in [1.82, 2.24) is 5.32 Å². The van der Waals surface area contributed by atoms with Gasteiger partial charge in [0.1, 0.15) is 5.82 Å². The van der Waals surface area contributed by atoms with E-state index in [-0.39, 0.29) is 11.7 Å². The maximum atomic E-state index is 13.6. The van der Waals surface area contributed by atoms with Crippen molar-refractivity contribution in [1.29, 1.82) is 0 Å². The molecule has 0 saturated carbocycles. The molecule has 0 spiro atoms.